The van der Waals surface area contributed by atoms with Crippen LogP contribution in [-0.2, 0) is 0 Å². The lowest BCUT2D eigenvalue weighted by Crippen LogP contribution is -2.03. The molecule has 22 heavy (non-hydrogen) atoms. The van der Waals surface area contributed by atoms with Crippen molar-refractivity contribution in [3.8, 4) is 17.1 Å². The number of rotatable bonds is 2. The summed E-state index contributed by atoms with van der Waals surface area (Å²) < 4.78 is 1.68. The van der Waals surface area contributed by atoms with Gasteiger partial charge < -0.3 is 5.73 Å². The number of hydrogen-bond acceptors (Lipinski definition) is 3. The van der Waals surface area contributed by atoms with Gasteiger partial charge in [0.05, 0.1) is 11.2 Å². The van der Waals surface area contributed by atoms with Gasteiger partial charge >= 0.3 is 0 Å². The van der Waals surface area contributed by atoms with Crippen LogP contribution >= 0.6 is 0 Å². The lowest BCUT2D eigenvalue weighted by molar-refractivity contribution is 0.866. The molecule has 0 saturated heterocycles. The molecule has 4 nitrogen and oxygen atoms in total. The van der Waals surface area contributed by atoms with E-state index >= 15 is 0 Å². The Morgan fingerprint density at radius 1 is 0.818 bits per heavy atom. The maximum atomic E-state index is 6.12. The maximum absolute atomic E-state index is 6.12. The number of pyridine rings is 1. The van der Waals surface area contributed by atoms with E-state index in [1.807, 2.05) is 72.8 Å². The molecule has 4 heteroatoms. The molecule has 4 rings (SSSR count). The van der Waals surface area contributed by atoms with Gasteiger partial charge in [-0.1, -0.05) is 48.5 Å². The van der Waals surface area contributed by atoms with Gasteiger partial charge in [0.2, 0.25) is 0 Å². The number of fused-ring (bicyclic) bond motifs is 1. The average molecular weight is 286 g/mol. The van der Waals surface area contributed by atoms with Crippen molar-refractivity contribution < 1.29 is 0 Å². The summed E-state index contributed by atoms with van der Waals surface area (Å²) in [5.74, 6) is 1.29. The maximum Gasteiger partial charge on any atom is 0.156 e. The van der Waals surface area contributed by atoms with E-state index in [0.717, 1.165) is 28.0 Å². The molecule has 0 spiro atoms. The van der Waals surface area contributed by atoms with Gasteiger partial charge in [0.25, 0.3) is 0 Å². The van der Waals surface area contributed by atoms with Gasteiger partial charge in [-0.3, -0.25) is 0 Å². The Labute approximate surface area is 127 Å². The summed E-state index contributed by atoms with van der Waals surface area (Å²) >= 11 is 0. The third-order valence-electron chi connectivity index (χ3n) is 3.61. The number of aromatic nitrogens is 3. The lowest BCUT2D eigenvalue weighted by Gasteiger charge is -2.04. The van der Waals surface area contributed by atoms with E-state index in [2.05, 4.69) is 10.1 Å². The molecular formula is C18H14N4. The minimum Gasteiger partial charge on any atom is -0.384 e. The fourth-order valence-corrected chi connectivity index (χ4v) is 2.50. The van der Waals surface area contributed by atoms with Crippen molar-refractivity contribution in [2.75, 3.05) is 5.73 Å². The van der Waals surface area contributed by atoms with Crippen molar-refractivity contribution in [1.82, 2.24) is 14.8 Å². The number of nitrogens with zero attached hydrogens (tertiary/aromatic N) is 3. The van der Waals surface area contributed by atoms with Crippen molar-refractivity contribution in [3.63, 3.8) is 0 Å². The first kappa shape index (κ1) is 12.6. The van der Waals surface area contributed by atoms with E-state index in [-0.39, 0.29) is 0 Å². The zero-order chi connectivity index (χ0) is 14.9. The molecular weight excluding hydrogens is 272 g/mol. The Kier molecular flexibility index (Phi) is 2.86. The van der Waals surface area contributed by atoms with E-state index in [4.69, 9.17) is 5.73 Å². The zero-order valence-electron chi connectivity index (χ0n) is 11.8. The van der Waals surface area contributed by atoms with E-state index in [9.17, 15) is 0 Å². The minimum absolute atomic E-state index is 0.571. The molecule has 0 atom stereocenters. The summed E-state index contributed by atoms with van der Waals surface area (Å²) in [6.45, 7) is 0. The van der Waals surface area contributed by atoms with E-state index < -0.39 is 0 Å². The molecule has 0 amide bonds. The first-order valence-corrected chi connectivity index (χ1v) is 7.08. The van der Waals surface area contributed by atoms with Gasteiger partial charge in [-0.2, -0.15) is 9.78 Å². The molecule has 0 radical (unpaired) electrons. The van der Waals surface area contributed by atoms with Crippen molar-refractivity contribution in [2.24, 2.45) is 0 Å². The summed E-state index contributed by atoms with van der Waals surface area (Å²) in [5.41, 5.74) is 8.92. The summed E-state index contributed by atoms with van der Waals surface area (Å²) in [6, 6.07) is 23.8. The monoisotopic (exact) mass is 286 g/mol. The molecule has 2 heterocycles. The quantitative estimate of drug-likeness (QED) is 0.611. The van der Waals surface area contributed by atoms with Gasteiger partial charge in [-0.05, 0) is 18.2 Å². The van der Waals surface area contributed by atoms with Crippen molar-refractivity contribution >= 4 is 16.7 Å². The molecule has 0 unspecified atom stereocenters. The molecule has 0 aliphatic rings. The normalized spacial score (nSPS) is 10.9. The first-order valence-electron chi connectivity index (χ1n) is 7.08. The minimum atomic E-state index is 0.571. The Morgan fingerprint density at radius 3 is 2.45 bits per heavy atom. The van der Waals surface area contributed by atoms with Gasteiger partial charge in [0.1, 0.15) is 5.82 Å². The molecule has 0 fully saturated rings. The Hall–Kier alpha value is -3.14. The number of hydrogen-bond donors (Lipinski definition) is 1. The van der Waals surface area contributed by atoms with E-state index in [0.29, 0.717) is 5.82 Å². The largest absolute Gasteiger partial charge is 0.384 e. The second kappa shape index (κ2) is 5.00. The Morgan fingerprint density at radius 2 is 1.59 bits per heavy atom. The predicted octanol–water partition coefficient (Wildman–Crippen LogP) is 3.67. The van der Waals surface area contributed by atoms with E-state index in [1.54, 1.807) is 4.68 Å². The molecule has 0 aliphatic heterocycles. The fourth-order valence-electron chi connectivity index (χ4n) is 2.50. The molecule has 2 N–H and O–H groups in total. The SMILES string of the molecule is Nc1cc(-c2ccccc2)nn1-c1ccc2ccccc2n1. The Balaban J connectivity index is 1.83. The highest BCUT2D eigenvalue weighted by Crippen LogP contribution is 2.23. The van der Waals surface area contributed by atoms with Crippen LogP contribution in [0.2, 0.25) is 0 Å². The van der Waals surface area contributed by atoms with Crippen LogP contribution < -0.4 is 5.73 Å². The predicted molar refractivity (Wildman–Crippen MR) is 88.7 cm³/mol. The highest BCUT2D eigenvalue weighted by molar-refractivity contribution is 5.79. The highest BCUT2D eigenvalue weighted by atomic mass is 15.3. The summed E-state index contributed by atoms with van der Waals surface area (Å²) in [4.78, 5) is 4.63. The standard InChI is InChI=1S/C18H14N4/c19-17-12-16(13-6-2-1-3-7-13)21-22(17)18-11-10-14-8-4-5-9-15(14)20-18/h1-12H,19H2. The number of anilines is 1. The average Bonchev–Trinajstić information content (AvgIpc) is 2.97. The third kappa shape index (κ3) is 2.11. The van der Waals surface area contributed by atoms with Crippen LogP contribution in [0.4, 0.5) is 5.82 Å². The van der Waals surface area contributed by atoms with Gasteiger partial charge in [0.15, 0.2) is 5.82 Å². The molecule has 0 saturated carbocycles. The van der Waals surface area contributed by atoms with Gasteiger partial charge in [-0.15, -0.1) is 0 Å². The van der Waals surface area contributed by atoms with Gasteiger partial charge in [0, 0.05) is 17.0 Å². The topological polar surface area (TPSA) is 56.7 Å². The van der Waals surface area contributed by atoms with Crippen LogP contribution in [-0.4, -0.2) is 14.8 Å². The summed E-state index contributed by atoms with van der Waals surface area (Å²) in [5, 5.41) is 5.68. The number of nitrogen functional groups attached to an aromatic ring is 1. The van der Waals surface area contributed by atoms with Crippen LogP contribution in [0.5, 0.6) is 0 Å². The molecule has 2 aromatic heterocycles. The fraction of sp³-hybridized carbons (Fsp3) is 0. The van der Waals surface area contributed by atoms with Crippen molar-refractivity contribution in [1.29, 1.82) is 0 Å². The molecule has 0 bridgehead atoms. The van der Waals surface area contributed by atoms with Crippen LogP contribution in [0.15, 0.2) is 72.8 Å². The highest BCUT2D eigenvalue weighted by Gasteiger charge is 2.10. The second-order valence-electron chi connectivity index (χ2n) is 5.09. The second-order valence-corrected chi connectivity index (χ2v) is 5.09. The summed E-state index contributed by atoms with van der Waals surface area (Å²) in [7, 11) is 0. The number of para-hydroxylation sites is 1. The summed E-state index contributed by atoms with van der Waals surface area (Å²) in [6.07, 6.45) is 0. The van der Waals surface area contributed by atoms with Crippen molar-refractivity contribution in [2.45, 2.75) is 0 Å². The Bertz CT molecular complexity index is 942. The molecule has 4 aromatic rings. The molecule has 0 aliphatic carbocycles. The molecule has 2 aromatic carbocycles. The van der Waals surface area contributed by atoms with Crippen LogP contribution in [0.25, 0.3) is 28.0 Å². The molecule has 106 valence electrons. The zero-order valence-corrected chi connectivity index (χ0v) is 11.8. The third-order valence-corrected chi connectivity index (χ3v) is 3.61. The smallest absolute Gasteiger partial charge is 0.156 e. The van der Waals surface area contributed by atoms with Crippen LogP contribution in [0.1, 0.15) is 0 Å². The lowest BCUT2D eigenvalue weighted by atomic mass is 10.2. The number of benzene rings is 2. The van der Waals surface area contributed by atoms with Crippen LogP contribution in [0, 0.1) is 0 Å². The van der Waals surface area contributed by atoms with E-state index in [1.165, 1.54) is 0 Å². The van der Waals surface area contributed by atoms with Crippen molar-refractivity contribution in [3.05, 3.63) is 72.8 Å². The number of nitrogens with two attached hydrogens (primary N) is 1. The van der Waals surface area contributed by atoms with Crippen LogP contribution in [0.3, 0.4) is 0 Å². The first-order chi connectivity index (χ1) is 10.8. The van der Waals surface area contributed by atoms with Gasteiger partial charge in [-0.25, -0.2) is 4.98 Å².